The van der Waals surface area contributed by atoms with E-state index < -0.39 is 0 Å². The van der Waals surface area contributed by atoms with Gasteiger partial charge in [0.2, 0.25) is 5.95 Å². The van der Waals surface area contributed by atoms with Crippen LogP contribution in [0.5, 0.6) is 5.75 Å². The summed E-state index contributed by atoms with van der Waals surface area (Å²) < 4.78 is 7.10. The Morgan fingerprint density at radius 2 is 2.15 bits per heavy atom. The van der Waals surface area contributed by atoms with Gasteiger partial charge in [0.05, 0.1) is 0 Å². The van der Waals surface area contributed by atoms with Crippen LogP contribution in [0.15, 0.2) is 18.2 Å². The van der Waals surface area contributed by atoms with Crippen LogP contribution >= 0.6 is 24.0 Å². The molecule has 2 aromatic rings. The standard InChI is InChI=1S/C17H22ClN5O2.ClH/c1-11-9-13(3-4-14(11)18)25-10-15(24)20-17-21-16(22-23(17)2)12-5-7-19-8-6-12;/h3-4,9,12,19H,5-8,10H2,1-2H3,(H,20,21,22,24);1H. The summed E-state index contributed by atoms with van der Waals surface area (Å²) in [5.41, 5.74) is 0.902. The zero-order valence-corrected chi connectivity index (χ0v) is 16.4. The fourth-order valence-corrected chi connectivity index (χ4v) is 2.90. The van der Waals surface area contributed by atoms with Gasteiger partial charge < -0.3 is 10.1 Å². The molecule has 9 heteroatoms. The van der Waals surface area contributed by atoms with E-state index in [1.807, 2.05) is 6.92 Å². The molecular formula is C17H23Cl2N5O2. The van der Waals surface area contributed by atoms with Gasteiger partial charge in [0.1, 0.15) is 5.75 Å². The summed E-state index contributed by atoms with van der Waals surface area (Å²) in [5, 5.41) is 11.2. The van der Waals surface area contributed by atoms with Crippen molar-refractivity contribution in [2.75, 3.05) is 25.0 Å². The molecule has 0 unspecified atom stereocenters. The molecule has 0 saturated carbocycles. The molecule has 1 aromatic carbocycles. The summed E-state index contributed by atoms with van der Waals surface area (Å²) in [7, 11) is 1.77. The van der Waals surface area contributed by atoms with Gasteiger partial charge in [-0.1, -0.05) is 11.6 Å². The largest absolute Gasteiger partial charge is 0.484 e. The molecular weight excluding hydrogens is 377 g/mol. The molecule has 26 heavy (non-hydrogen) atoms. The number of carbonyl (C=O) groups excluding carboxylic acids is 1. The van der Waals surface area contributed by atoms with Crippen LogP contribution in [0.4, 0.5) is 5.95 Å². The number of nitrogens with zero attached hydrogens (tertiary/aromatic N) is 3. The number of hydrogen-bond acceptors (Lipinski definition) is 5. The van der Waals surface area contributed by atoms with E-state index in [9.17, 15) is 4.79 Å². The third-order valence-electron chi connectivity index (χ3n) is 4.23. The highest BCUT2D eigenvalue weighted by atomic mass is 35.5. The molecule has 2 N–H and O–H groups in total. The molecule has 3 rings (SSSR count). The van der Waals surface area contributed by atoms with Crippen LogP contribution in [0.2, 0.25) is 5.02 Å². The van der Waals surface area contributed by atoms with Gasteiger partial charge in [-0.2, -0.15) is 10.1 Å². The summed E-state index contributed by atoms with van der Waals surface area (Å²) >= 11 is 5.98. The highest BCUT2D eigenvalue weighted by Gasteiger charge is 2.21. The number of hydrogen-bond donors (Lipinski definition) is 2. The Labute approximate surface area is 163 Å². The quantitative estimate of drug-likeness (QED) is 0.807. The summed E-state index contributed by atoms with van der Waals surface area (Å²) in [6, 6.07) is 5.28. The molecule has 0 bridgehead atoms. The average Bonchev–Trinajstić information content (AvgIpc) is 2.97. The van der Waals surface area contributed by atoms with E-state index in [0.717, 1.165) is 37.3 Å². The summed E-state index contributed by atoms with van der Waals surface area (Å²) in [5.74, 6) is 1.89. The van der Waals surface area contributed by atoms with Crippen LogP contribution in [0.3, 0.4) is 0 Å². The second-order valence-electron chi connectivity index (χ2n) is 6.19. The van der Waals surface area contributed by atoms with Crippen molar-refractivity contribution in [3.63, 3.8) is 0 Å². The van der Waals surface area contributed by atoms with Crippen molar-refractivity contribution in [2.24, 2.45) is 7.05 Å². The van der Waals surface area contributed by atoms with Gasteiger partial charge >= 0.3 is 0 Å². The Balaban J connectivity index is 0.00000243. The van der Waals surface area contributed by atoms with E-state index >= 15 is 0 Å². The van der Waals surface area contributed by atoms with E-state index in [4.69, 9.17) is 16.3 Å². The average molecular weight is 400 g/mol. The number of aryl methyl sites for hydroxylation is 2. The predicted octanol–water partition coefficient (Wildman–Crippen LogP) is 2.68. The number of amides is 1. The number of nitrogens with one attached hydrogen (secondary N) is 2. The highest BCUT2D eigenvalue weighted by molar-refractivity contribution is 6.31. The number of rotatable bonds is 5. The first-order valence-electron chi connectivity index (χ1n) is 8.33. The van der Waals surface area contributed by atoms with Gasteiger partial charge in [-0.15, -0.1) is 12.4 Å². The normalized spacial score (nSPS) is 14.6. The zero-order chi connectivity index (χ0) is 17.8. The van der Waals surface area contributed by atoms with Crippen LogP contribution in [-0.2, 0) is 11.8 Å². The molecule has 1 fully saturated rings. The van der Waals surface area contributed by atoms with Crippen molar-refractivity contribution in [3.8, 4) is 5.75 Å². The number of ether oxygens (including phenoxy) is 1. The van der Waals surface area contributed by atoms with E-state index in [1.165, 1.54) is 0 Å². The van der Waals surface area contributed by atoms with Crippen molar-refractivity contribution in [2.45, 2.75) is 25.7 Å². The summed E-state index contributed by atoms with van der Waals surface area (Å²) in [6.45, 7) is 3.73. The van der Waals surface area contributed by atoms with E-state index in [2.05, 4.69) is 20.7 Å². The fourth-order valence-electron chi connectivity index (χ4n) is 2.78. The zero-order valence-electron chi connectivity index (χ0n) is 14.8. The Bertz CT molecular complexity index is 760. The first-order valence-corrected chi connectivity index (χ1v) is 8.71. The van der Waals surface area contributed by atoms with Gasteiger partial charge in [-0.05, 0) is 56.6 Å². The lowest BCUT2D eigenvalue weighted by atomic mass is 9.98. The second kappa shape index (κ2) is 9.21. The molecule has 0 radical (unpaired) electrons. The maximum Gasteiger partial charge on any atom is 0.264 e. The Kier molecular flexibility index (Phi) is 7.25. The minimum absolute atomic E-state index is 0. The Morgan fingerprint density at radius 1 is 1.42 bits per heavy atom. The number of halogens is 2. The Morgan fingerprint density at radius 3 is 2.85 bits per heavy atom. The van der Waals surface area contributed by atoms with Crippen LogP contribution in [0.25, 0.3) is 0 Å². The Hall–Kier alpha value is -1.83. The molecule has 0 aliphatic carbocycles. The molecule has 1 aliphatic heterocycles. The number of benzene rings is 1. The first-order chi connectivity index (χ1) is 12.0. The van der Waals surface area contributed by atoms with E-state index in [0.29, 0.717) is 22.6 Å². The summed E-state index contributed by atoms with van der Waals surface area (Å²) in [4.78, 5) is 16.6. The van der Waals surface area contributed by atoms with Crippen molar-refractivity contribution < 1.29 is 9.53 Å². The van der Waals surface area contributed by atoms with Crippen LogP contribution < -0.4 is 15.4 Å². The molecule has 0 atom stereocenters. The SMILES string of the molecule is Cc1cc(OCC(=O)Nc2nc(C3CCNCC3)nn2C)ccc1Cl.Cl. The third-order valence-corrected chi connectivity index (χ3v) is 4.66. The fraction of sp³-hybridized carbons (Fsp3) is 0.471. The van der Waals surface area contributed by atoms with Gasteiger partial charge in [0, 0.05) is 18.0 Å². The van der Waals surface area contributed by atoms with Crippen molar-refractivity contribution in [3.05, 3.63) is 34.6 Å². The summed E-state index contributed by atoms with van der Waals surface area (Å²) in [6.07, 6.45) is 2.02. The van der Waals surface area contributed by atoms with E-state index in [-0.39, 0.29) is 24.9 Å². The minimum Gasteiger partial charge on any atom is -0.484 e. The minimum atomic E-state index is -0.278. The first kappa shape index (κ1) is 20.5. The smallest absolute Gasteiger partial charge is 0.264 e. The molecule has 1 aliphatic rings. The van der Waals surface area contributed by atoms with Crippen LogP contribution in [0, 0.1) is 6.92 Å². The predicted molar refractivity (Wildman–Crippen MR) is 103 cm³/mol. The number of piperidine rings is 1. The molecule has 1 saturated heterocycles. The van der Waals surface area contributed by atoms with Crippen molar-refractivity contribution in [1.29, 1.82) is 0 Å². The number of carbonyl (C=O) groups is 1. The molecule has 2 heterocycles. The molecule has 7 nitrogen and oxygen atoms in total. The lowest BCUT2D eigenvalue weighted by molar-refractivity contribution is -0.118. The molecule has 1 amide bonds. The van der Waals surface area contributed by atoms with Gasteiger partial charge in [-0.25, -0.2) is 4.68 Å². The van der Waals surface area contributed by atoms with Crippen LogP contribution in [-0.4, -0.2) is 40.4 Å². The second-order valence-corrected chi connectivity index (χ2v) is 6.60. The topological polar surface area (TPSA) is 81.1 Å². The maximum atomic E-state index is 12.1. The third kappa shape index (κ3) is 5.09. The monoisotopic (exact) mass is 399 g/mol. The maximum absolute atomic E-state index is 12.1. The number of anilines is 1. The number of aromatic nitrogens is 3. The lowest BCUT2D eigenvalue weighted by Gasteiger charge is -2.19. The van der Waals surface area contributed by atoms with Gasteiger partial charge in [0.15, 0.2) is 12.4 Å². The molecule has 1 aromatic heterocycles. The van der Waals surface area contributed by atoms with Crippen molar-refractivity contribution >= 4 is 35.9 Å². The van der Waals surface area contributed by atoms with Gasteiger partial charge in [0.25, 0.3) is 5.91 Å². The lowest BCUT2D eigenvalue weighted by Crippen LogP contribution is -2.27. The van der Waals surface area contributed by atoms with Gasteiger partial charge in [-0.3, -0.25) is 10.1 Å². The van der Waals surface area contributed by atoms with Crippen molar-refractivity contribution in [1.82, 2.24) is 20.1 Å². The molecule has 142 valence electrons. The molecule has 0 spiro atoms. The van der Waals surface area contributed by atoms with E-state index in [1.54, 1.807) is 29.9 Å². The van der Waals surface area contributed by atoms with Crippen LogP contribution in [0.1, 0.15) is 30.1 Å². The highest BCUT2D eigenvalue weighted by Crippen LogP contribution is 2.23.